The molecule has 4 nitrogen and oxygen atoms in total. The van der Waals surface area contributed by atoms with Crippen molar-refractivity contribution in [3.05, 3.63) is 29.3 Å². The van der Waals surface area contributed by atoms with E-state index in [1.54, 1.807) is 11.8 Å². The predicted octanol–water partition coefficient (Wildman–Crippen LogP) is 2.66. The summed E-state index contributed by atoms with van der Waals surface area (Å²) in [5, 5.41) is 3.70. The van der Waals surface area contributed by atoms with Gasteiger partial charge in [-0.1, -0.05) is 18.5 Å². The van der Waals surface area contributed by atoms with Gasteiger partial charge in [0.1, 0.15) is 0 Å². The summed E-state index contributed by atoms with van der Waals surface area (Å²) >= 11 is 7.47. The maximum Gasteiger partial charge on any atom is 0.233 e. The first kappa shape index (κ1) is 17.6. The Morgan fingerprint density at radius 1 is 1.36 bits per heavy atom. The molecule has 6 heteroatoms. The van der Waals surface area contributed by atoms with E-state index in [1.165, 1.54) is 0 Å². The van der Waals surface area contributed by atoms with Crippen molar-refractivity contribution >= 4 is 29.3 Å². The van der Waals surface area contributed by atoms with Crippen molar-refractivity contribution in [1.29, 1.82) is 0 Å². The van der Waals surface area contributed by atoms with Crippen LogP contribution >= 0.6 is 23.4 Å². The molecule has 0 aliphatic carbocycles. The van der Waals surface area contributed by atoms with Gasteiger partial charge in [-0.05, 0) is 30.7 Å². The topological polar surface area (TPSA) is 41.6 Å². The Labute approximate surface area is 141 Å². The summed E-state index contributed by atoms with van der Waals surface area (Å²) in [6.45, 7) is 7.10. The van der Waals surface area contributed by atoms with Gasteiger partial charge in [0.25, 0.3) is 0 Å². The normalized spacial score (nSPS) is 17.2. The van der Waals surface area contributed by atoms with Crippen LogP contribution in [0.1, 0.15) is 13.3 Å². The lowest BCUT2D eigenvalue weighted by Gasteiger charge is -2.26. The first-order chi connectivity index (χ1) is 10.7. The standard InChI is InChI=1S/C16H23ClN2O2S/c1-2-15(22-14-5-3-13(17)4-6-14)16(20)18-7-8-19-9-11-21-12-10-19/h3-6,15H,2,7-12H2,1H3,(H,18,20)/t15-/m0/s1. The van der Waals surface area contributed by atoms with Gasteiger partial charge in [-0.15, -0.1) is 11.8 Å². The highest BCUT2D eigenvalue weighted by Crippen LogP contribution is 2.26. The Bertz CT molecular complexity index is 464. The molecule has 0 unspecified atom stereocenters. The average Bonchev–Trinajstić information content (AvgIpc) is 2.55. The number of nitrogens with one attached hydrogen (secondary N) is 1. The molecule has 1 aliphatic rings. The third-order valence-corrected chi connectivity index (χ3v) is 5.21. The molecule has 122 valence electrons. The van der Waals surface area contributed by atoms with Crippen molar-refractivity contribution in [2.45, 2.75) is 23.5 Å². The number of carbonyl (C=O) groups is 1. The summed E-state index contributed by atoms with van der Waals surface area (Å²) in [4.78, 5) is 15.7. The minimum absolute atomic E-state index is 0.0640. The number of benzene rings is 1. The third kappa shape index (κ3) is 5.80. The van der Waals surface area contributed by atoms with E-state index in [0.717, 1.165) is 44.2 Å². The van der Waals surface area contributed by atoms with Crippen LogP contribution in [0, 0.1) is 0 Å². The van der Waals surface area contributed by atoms with Crippen LogP contribution < -0.4 is 5.32 Å². The lowest BCUT2D eigenvalue weighted by molar-refractivity contribution is -0.120. The molecule has 0 aromatic heterocycles. The molecule has 0 radical (unpaired) electrons. The fourth-order valence-electron chi connectivity index (χ4n) is 2.28. The molecule has 1 fully saturated rings. The van der Waals surface area contributed by atoms with Gasteiger partial charge in [0.15, 0.2) is 0 Å². The number of rotatable bonds is 7. The predicted molar refractivity (Wildman–Crippen MR) is 91.7 cm³/mol. The average molecular weight is 343 g/mol. The first-order valence-electron chi connectivity index (χ1n) is 7.69. The van der Waals surface area contributed by atoms with Crippen LogP contribution in [0.3, 0.4) is 0 Å². The van der Waals surface area contributed by atoms with Crippen LogP contribution in [0.15, 0.2) is 29.2 Å². The van der Waals surface area contributed by atoms with Crippen LogP contribution in [0.4, 0.5) is 0 Å². The van der Waals surface area contributed by atoms with Gasteiger partial charge in [-0.2, -0.15) is 0 Å². The third-order valence-electron chi connectivity index (χ3n) is 3.59. The number of morpholine rings is 1. The van der Waals surface area contributed by atoms with E-state index in [4.69, 9.17) is 16.3 Å². The van der Waals surface area contributed by atoms with E-state index >= 15 is 0 Å². The molecule has 1 saturated heterocycles. The molecule has 0 bridgehead atoms. The zero-order chi connectivity index (χ0) is 15.8. The quantitative estimate of drug-likeness (QED) is 0.773. The van der Waals surface area contributed by atoms with E-state index in [1.807, 2.05) is 31.2 Å². The SMILES string of the molecule is CC[C@H](Sc1ccc(Cl)cc1)C(=O)NCCN1CCOCC1. The van der Waals surface area contributed by atoms with Gasteiger partial charge < -0.3 is 10.1 Å². The molecule has 1 aromatic carbocycles. The van der Waals surface area contributed by atoms with Crippen molar-refractivity contribution in [3.8, 4) is 0 Å². The Morgan fingerprint density at radius 2 is 2.05 bits per heavy atom. The molecular weight excluding hydrogens is 320 g/mol. The van der Waals surface area contributed by atoms with Crippen LogP contribution in [0.2, 0.25) is 5.02 Å². The second-order valence-electron chi connectivity index (χ2n) is 5.21. The molecule has 1 aromatic rings. The van der Waals surface area contributed by atoms with E-state index in [9.17, 15) is 4.79 Å². The van der Waals surface area contributed by atoms with E-state index in [-0.39, 0.29) is 11.2 Å². The minimum Gasteiger partial charge on any atom is -0.379 e. The van der Waals surface area contributed by atoms with Gasteiger partial charge >= 0.3 is 0 Å². The first-order valence-corrected chi connectivity index (χ1v) is 8.95. The maximum atomic E-state index is 12.3. The van der Waals surface area contributed by atoms with Crippen LogP contribution in [0.5, 0.6) is 0 Å². The summed E-state index contributed by atoms with van der Waals surface area (Å²) in [5.74, 6) is 0.107. The lowest BCUT2D eigenvalue weighted by Crippen LogP contribution is -2.42. The molecule has 22 heavy (non-hydrogen) atoms. The highest BCUT2D eigenvalue weighted by atomic mass is 35.5. The molecular formula is C16H23ClN2O2S. The minimum atomic E-state index is -0.0640. The van der Waals surface area contributed by atoms with Crippen molar-refractivity contribution < 1.29 is 9.53 Å². The summed E-state index contributed by atoms with van der Waals surface area (Å²) in [7, 11) is 0. The van der Waals surface area contributed by atoms with Crippen molar-refractivity contribution in [3.63, 3.8) is 0 Å². The summed E-state index contributed by atoms with van der Waals surface area (Å²) in [6.07, 6.45) is 0.802. The van der Waals surface area contributed by atoms with Gasteiger partial charge in [0.2, 0.25) is 5.91 Å². The fraction of sp³-hybridized carbons (Fsp3) is 0.562. The second-order valence-corrected chi connectivity index (χ2v) is 6.93. The maximum absolute atomic E-state index is 12.3. The van der Waals surface area contributed by atoms with E-state index in [0.29, 0.717) is 11.6 Å². The van der Waals surface area contributed by atoms with Gasteiger partial charge in [-0.25, -0.2) is 0 Å². The Kier molecular flexibility index (Phi) is 7.52. The Hall–Kier alpha value is -0.750. The zero-order valence-corrected chi connectivity index (χ0v) is 14.5. The molecule has 1 N–H and O–H groups in total. The summed E-state index contributed by atoms with van der Waals surface area (Å²) in [6, 6.07) is 7.62. The van der Waals surface area contributed by atoms with Gasteiger partial charge in [0, 0.05) is 36.1 Å². The molecule has 0 saturated carbocycles. The molecule has 0 spiro atoms. The number of hydrogen-bond acceptors (Lipinski definition) is 4. The monoisotopic (exact) mass is 342 g/mol. The number of carbonyl (C=O) groups excluding carboxylic acids is 1. The number of thioether (sulfide) groups is 1. The molecule has 1 aliphatic heterocycles. The number of hydrogen-bond donors (Lipinski definition) is 1. The highest BCUT2D eigenvalue weighted by Gasteiger charge is 2.18. The Balaban J connectivity index is 1.74. The Morgan fingerprint density at radius 3 is 2.68 bits per heavy atom. The van der Waals surface area contributed by atoms with E-state index in [2.05, 4.69) is 10.2 Å². The van der Waals surface area contributed by atoms with E-state index < -0.39 is 0 Å². The number of amides is 1. The molecule has 1 amide bonds. The largest absolute Gasteiger partial charge is 0.379 e. The molecule has 1 atom stereocenters. The molecule has 1 heterocycles. The van der Waals surface area contributed by atoms with Crippen LogP contribution in [-0.4, -0.2) is 55.4 Å². The second kappa shape index (κ2) is 9.40. The highest BCUT2D eigenvalue weighted by molar-refractivity contribution is 8.00. The molecule has 2 rings (SSSR count). The van der Waals surface area contributed by atoms with Gasteiger partial charge in [0.05, 0.1) is 18.5 Å². The van der Waals surface area contributed by atoms with Crippen molar-refractivity contribution in [2.75, 3.05) is 39.4 Å². The van der Waals surface area contributed by atoms with Gasteiger partial charge in [-0.3, -0.25) is 9.69 Å². The van der Waals surface area contributed by atoms with Crippen molar-refractivity contribution in [2.24, 2.45) is 0 Å². The number of halogens is 1. The lowest BCUT2D eigenvalue weighted by atomic mass is 10.3. The fourth-order valence-corrected chi connectivity index (χ4v) is 3.38. The van der Waals surface area contributed by atoms with Crippen LogP contribution in [-0.2, 0) is 9.53 Å². The van der Waals surface area contributed by atoms with Crippen LogP contribution in [0.25, 0.3) is 0 Å². The number of ether oxygens (including phenoxy) is 1. The summed E-state index contributed by atoms with van der Waals surface area (Å²) in [5.41, 5.74) is 0. The van der Waals surface area contributed by atoms with Crippen molar-refractivity contribution in [1.82, 2.24) is 10.2 Å². The smallest absolute Gasteiger partial charge is 0.233 e. The summed E-state index contributed by atoms with van der Waals surface area (Å²) < 4.78 is 5.32. The number of nitrogens with zero attached hydrogens (tertiary/aromatic N) is 1. The zero-order valence-electron chi connectivity index (χ0n) is 12.9.